The van der Waals surface area contributed by atoms with E-state index in [4.69, 9.17) is 5.73 Å². The minimum Gasteiger partial charge on any atom is -0.399 e. The van der Waals surface area contributed by atoms with Crippen LogP contribution in [0.1, 0.15) is 32.6 Å². The molecule has 3 heteroatoms. The van der Waals surface area contributed by atoms with E-state index in [9.17, 15) is 4.79 Å². The van der Waals surface area contributed by atoms with Gasteiger partial charge in [-0.15, -0.1) is 0 Å². The molecule has 2 rings (SSSR count). The molecule has 3 N–H and O–H groups in total. The molecule has 0 saturated heterocycles. The Kier molecular flexibility index (Phi) is 3.79. The second kappa shape index (κ2) is 5.37. The fourth-order valence-corrected chi connectivity index (χ4v) is 2.14. The molecule has 2 aromatic rings. The van der Waals surface area contributed by atoms with E-state index in [0.29, 0.717) is 5.56 Å². The third-order valence-corrected chi connectivity index (χ3v) is 3.50. The molecule has 0 aliphatic carbocycles. The molecule has 0 atom stereocenters. The number of hydrogen-bond donors (Lipinski definition) is 2. The first kappa shape index (κ1) is 14.1. The van der Waals surface area contributed by atoms with Gasteiger partial charge in [0.2, 0.25) is 0 Å². The van der Waals surface area contributed by atoms with Gasteiger partial charge in [-0.05, 0) is 62.6 Å². The van der Waals surface area contributed by atoms with Gasteiger partial charge in [0.1, 0.15) is 0 Å². The molecule has 0 fully saturated rings. The van der Waals surface area contributed by atoms with E-state index in [1.54, 1.807) is 0 Å². The van der Waals surface area contributed by atoms with Crippen LogP contribution in [0.5, 0.6) is 0 Å². The average molecular weight is 268 g/mol. The van der Waals surface area contributed by atoms with Crippen LogP contribution in [0.4, 0.5) is 11.4 Å². The van der Waals surface area contributed by atoms with Gasteiger partial charge >= 0.3 is 0 Å². The quantitative estimate of drug-likeness (QED) is 0.815. The van der Waals surface area contributed by atoms with Crippen molar-refractivity contribution in [2.24, 2.45) is 0 Å². The van der Waals surface area contributed by atoms with Crippen LogP contribution < -0.4 is 11.1 Å². The number of carbonyl (C=O) groups is 1. The van der Waals surface area contributed by atoms with Crippen LogP contribution in [0, 0.1) is 27.7 Å². The van der Waals surface area contributed by atoms with Crippen LogP contribution in [-0.2, 0) is 0 Å². The molecule has 0 unspecified atom stereocenters. The van der Waals surface area contributed by atoms with E-state index in [2.05, 4.69) is 5.32 Å². The topological polar surface area (TPSA) is 55.1 Å². The zero-order valence-electron chi connectivity index (χ0n) is 12.4. The second-order valence-corrected chi connectivity index (χ2v) is 5.30. The number of aryl methyl sites for hydroxylation is 4. The third kappa shape index (κ3) is 2.82. The lowest BCUT2D eigenvalue weighted by Gasteiger charge is -2.12. The van der Waals surface area contributed by atoms with Crippen molar-refractivity contribution < 1.29 is 4.79 Å². The van der Waals surface area contributed by atoms with Gasteiger partial charge in [-0.2, -0.15) is 0 Å². The molecule has 2 aromatic carbocycles. The molecule has 0 heterocycles. The molecule has 0 aliphatic heterocycles. The Balaban J connectivity index is 2.32. The van der Waals surface area contributed by atoms with Gasteiger partial charge in [0.25, 0.3) is 5.91 Å². The lowest BCUT2D eigenvalue weighted by atomic mass is 10.0. The highest BCUT2D eigenvalue weighted by Crippen LogP contribution is 2.23. The van der Waals surface area contributed by atoms with Crippen molar-refractivity contribution in [1.29, 1.82) is 0 Å². The molecule has 0 aliphatic rings. The molecular weight excluding hydrogens is 248 g/mol. The summed E-state index contributed by atoms with van der Waals surface area (Å²) in [6, 6.07) is 9.67. The predicted octanol–water partition coefficient (Wildman–Crippen LogP) is 3.75. The zero-order valence-corrected chi connectivity index (χ0v) is 12.4. The first-order chi connectivity index (χ1) is 9.38. The van der Waals surface area contributed by atoms with Crippen LogP contribution in [-0.4, -0.2) is 5.91 Å². The van der Waals surface area contributed by atoms with Gasteiger partial charge in [-0.25, -0.2) is 0 Å². The molecular formula is C17H20N2O. The number of nitrogens with two attached hydrogens (primary N) is 1. The molecule has 0 bridgehead atoms. The lowest BCUT2D eigenvalue weighted by molar-refractivity contribution is 0.102. The molecule has 3 nitrogen and oxygen atoms in total. The molecule has 1 amide bonds. The maximum atomic E-state index is 12.4. The van der Waals surface area contributed by atoms with Gasteiger partial charge in [0.15, 0.2) is 0 Å². The van der Waals surface area contributed by atoms with Gasteiger partial charge in [0.05, 0.1) is 0 Å². The first-order valence-corrected chi connectivity index (χ1v) is 6.64. The fraction of sp³-hybridized carbons (Fsp3) is 0.235. The minimum absolute atomic E-state index is 0.0847. The van der Waals surface area contributed by atoms with Crippen LogP contribution in [0.2, 0.25) is 0 Å². The molecule has 20 heavy (non-hydrogen) atoms. The van der Waals surface area contributed by atoms with E-state index in [0.717, 1.165) is 33.6 Å². The summed E-state index contributed by atoms with van der Waals surface area (Å²) in [5.41, 5.74) is 12.1. The van der Waals surface area contributed by atoms with Crippen molar-refractivity contribution >= 4 is 17.3 Å². The van der Waals surface area contributed by atoms with Gasteiger partial charge in [0, 0.05) is 16.9 Å². The van der Waals surface area contributed by atoms with Crippen molar-refractivity contribution in [3.05, 3.63) is 58.1 Å². The summed E-state index contributed by atoms with van der Waals surface area (Å²) in [6.07, 6.45) is 0. The van der Waals surface area contributed by atoms with Crippen molar-refractivity contribution in [2.45, 2.75) is 27.7 Å². The SMILES string of the molecule is Cc1ccc(C)c(C(=O)Nc2cc(C)c(N)cc2C)c1. The number of nitrogens with one attached hydrogen (secondary N) is 1. The normalized spacial score (nSPS) is 10.4. The maximum Gasteiger partial charge on any atom is 0.255 e. The summed E-state index contributed by atoms with van der Waals surface area (Å²) in [5.74, 6) is -0.0847. The second-order valence-electron chi connectivity index (χ2n) is 5.30. The number of amides is 1. The van der Waals surface area contributed by atoms with Gasteiger partial charge < -0.3 is 11.1 Å². The Hall–Kier alpha value is -2.29. The number of anilines is 2. The summed E-state index contributed by atoms with van der Waals surface area (Å²) in [5, 5.41) is 2.97. The minimum atomic E-state index is -0.0847. The summed E-state index contributed by atoms with van der Waals surface area (Å²) < 4.78 is 0. The van der Waals surface area contributed by atoms with Crippen molar-refractivity contribution in [3.63, 3.8) is 0 Å². The highest BCUT2D eigenvalue weighted by Gasteiger charge is 2.11. The Morgan fingerprint density at radius 3 is 2.35 bits per heavy atom. The summed E-state index contributed by atoms with van der Waals surface area (Å²) in [7, 11) is 0. The van der Waals surface area contributed by atoms with E-state index in [1.807, 2.05) is 58.0 Å². The van der Waals surface area contributed by atoms with E-state index in [-0.39, 0.29) is 5.91 Å². The number of carbonyl (C=O) groups excluding carboxylic acids is 1. The van der Waals surface area contributed by atoms with E-state index < -0.39 is 0 Å². The number of benzene rings is 2. The highest BCUT2D eigenvalue weighted by atomic mass is 16.1. The summed E-state index contributed by atoms with van der Waals surface area (Å²) in [6.45, 7) is 7.79. The van der Waals surface area contributed by atoms with Crippen molar-refractivity contribution in [3.8, 4) is 0 Å². The predicted molar refractivity (Wildman–Crippen MR) is 84.2 cm³/mol. The Bertz CT molecular complexity index is 675. The molecule has 0 saturated carbocycles. The highest BCUT2D eigenvalue weighted by molar-refractivity contribution is 6.05. The molecule has 0 radical (unpaired) electrons. The summed E-state index contributed by atoms with van der Waals surface area (Å²) in [4.78, 5) is 12.4. The van der Waals surface area contributed by atoms with Crippen molar-refractivity contribution in [1.82, 2.24) is 0 Å². The van der Waals surface area contributed by atoms with Crippen LogP contribution >= 0.6 is 0 Å². The van der Waals surface area contributed by atoms with E-state index >= 15 is 0 Å². The molecule has 0 spiro atoms. The molecule has 0 aromatic heterocycles. The lowest BCUT2D eigenvalue weighted by Crippen LogP contribution is -2.14. The maximum absolute atomic E-state index is 12.4. The largest absolute Gasteiger partial charge is 0.399 e. The monoisotopic (exact) mass is 268 g/mol. The van der Waals surface area contributed by atoms with Gasteiger partial charge in [-0.3, -0.25) is 4.79 Å². The zero-order chi connectivity index (χ0) is 14.9. The van der Waals surface area contributed by atoms with Crippen LogP contribution in [0.25, 0.3) is 0 Å². The van der Waals surface area contributed by atoms with Crippen LogP contribution in [0.3, 0.4) is 0 Å². The third-order valence-electron chi connectivity index (χ3n) is 3.50. The van der Waals surface area contributed by atoms with E-state index in [1.165, 1.54) is 0 Å². The number of hydrogen-bond acceptors (Lipinski definition) is 2. The smallest absolute Gasteiger partial charge is 0.255 e. The Morgan fingerprint density at radius 2 is 1.65 bits per heavy atom. The number of rotatable bonds is 2. The summed E-state index contributed by atoms with van der Waals surface area (Å²) >= 11 is 0. The average Bonchev–Trinajstić information content (AvgIpc) is 2.38. The van der Waals surface area contributed by atoms with Crippen LogP contribution in [0.15, 0.2) is 30.3 Å². The van der Waals surface area contributed by atoms with Crippen molar-refractivity contribution in [2.75, 3.05) is 11.1 Å². The fourth-order valence-electron chi connectivity index (χ4n) is 2.14. The number of nitrogen functional groups attached to an aromatic ring is 1. The Labute approximate surface area is 119 Å². The van der Waals surface area contributed by atoms with Gasteiger partial charge in [-0.1, -0.05) is 17.7 Å². The molecule has 104 valence electrons. The Morgan fingerprint density at radius 1 is 0.950 bits per heavy atom. The standard InChI is InChI=1S/C17H20N2O/c1-10-5-6-11(2)14(7-10)17(20)19-16-9-12(3)15(18)8-13(16)4/h5-9H,18H2,1-4H3,(H,19,20). The first-order valence-electron chi connectivity index (χ1n) is 6.64.